The second kappa shape index (κ2) is 6.40. The maximum absolute atomic E-state index is 13.0. The second-order valence-electron chi connectivity index (χ2n) is 6.10. The minimum Gasteiger partial charge on any atom is -0.446 e. The van der Waals surface area contributed by atoms with Gasteiger partial charge in [0.15, 0.2) is 0 Å². The molecular formula is C18H18BF3O. The molecule has 1 heterocycles. The van der Waals surface area contributed by atoms with Crippen molar-refractivity contribution in [1.82, 2.24) is 0 Å². The normalized spacial score (nSPS) is 14.7. The van der Waals surface area contributed by atoms with Crippen molar-refractivity contribution in [3.63, 3.8) is 0 Å². The standard InChI is InChI=1S/C18H18BF3O/c20-18(21,22)16-6-2-1-4-14(16)9-7-13-8-10-15-5-3-11-19(23)17(15)12-13/h1-2,4,6,8,10,12,23H,3,5,7,9,11H2. The fourth-order valence-corrected chi connectivity index (χ4v) is 3.27. The quantitative estimate of drug-likeness (QED) is 0.857. The third-order valence-corrected chi connectivity index (χ3v) is 4.50. The van der Waals surface area contributed by atoms with Gasteiger partial charge in [0.2, 0.25) is 0 Å². The van der Waals surface area contributed by atoms with E-state index in [-0.39, 0.29) is 0 Å². The summed E-state index contributed by atoms with van der Waals surface area (Å²) in [7, 11) is 0. The number of benzene rings is 2. The molecule has 0 saturated carbocycles. The molecule has 0 unspecified atom stereocenters. The Balaban J connectivity index is 1.78. The number of rotatable bonds is 3. The summed E-state index contributed by atoms with van der Waals surface area (Å²) in [5.74, 6) is 0. The Kier molecular flexibility index (Phi) is 4.49. The van der Waals surface area contributed by atoms with Gasteiger partial charge in [0, 0.05) is 0 Å². The molecule has 0 amide bonds. The summed E-state index contributed by atoms with van der Waals surface area (Å²) >= 11 is 0. The van der Waals surface area contributed by atoms with Gasteiger partial charge < -0.3 is 5.02 Å². The van der Waals surface area contributed by atoms with Crippen LogP contribution >= 0.6 is 0 Å². The lowest BCUT2D eigenvalue weighted by molar-refractivity contribution is -0.138. The Labute approximate surface area is 134 Å². The average molecular weight is 318 g/mol. The van der Waals surface area contributed by atoms with Crippen molar-refractivity contribution in [2.75, 3.05) is 0 Å². The molecule has 5 heteroatoms. The highest BCUT2D eigenvalue weighted by Crippen LogP contribution is 2.32. The lowest BCUT2D eigenvalue weighted by Crippen LogP contribution is -2.36. The minimum atomic E-state index is -4.32. The van der Waals surface area contributed by atoms with Crippen molar-refractivity contribution >= 4 is 12.4 Å². The molecule has 0 aliphatic carbocycles. The van der Waals surface area contributed by atoms with Crippen LogP contribution in [0.3, 0.4) is 0 Å². The molecule has 1 aliphatic heterocycles. The summed E-state index contributed by atoms with van der Waals surface area (Å²) in [4.78, 5) is 0. The van der Waals surface area contributed by atoms with Crippen molar-refractivity contribution in [2.45, 2.75) is 38.2 Å². The highest BCUT2D eigenvalue weighted by molar-refractivity contribution is 6.67. The molecule has 0 bridgehead atoms. The Bertz CT molecular complexity index is 697. The van der Waals surface area contributed by atoms with Crippen molar-refractivity contribution in [1.29, 1.82) is 0 Å². The van der Waals surface area contributed by atoms with E-state index in [1.807, 2.05) is 18.2 Å². The van der Waals surface area contributed by atoms with Crippen LogP contribution in [0.1, 0.15) is 28.7 Å². The second-order valence-corrected chi connectivity index (χ2v) is 6.10. The molecule has 3 rings (SSSR count). The predicted molar refractivity (Wildman–Crippen MR) is 86.0 cm³/mol. The number of hydrogen-bond acceptors (Lipinski definition) is 1. The van der Waals surface area contributed by atoms with Gasteiger partial charge in [0.05, 0.1) is 5.56 Å². The van der Waals surface area contributed by atoms with Crippen LogP contribution < -0.4 is 5.46 Å². The monoisotopic (exact) mass is 318 g/mol. The molecule has 0 saturated heterocycles. The first-order valence-electron chi connectivity index (χ1n) is 7.90. The fraction of sp³-hybridized carbons (Fsp3) is 0.333. The highest BCUT2D eigenvalue weighted by atomic mass is 19.4. The predicted octanol–water partition coefficient (Wildman–Crippen LogP) is 3.63. The van der Waals surface area contributed by atoms with Gasteiger partial charge in [-0.15, -0.1) is 0 Å². The van der Waals surface area contributed by atoms with Crippen LogP contribution in [0.4, 0.5) is 13.2 Å². The van der Waals surface area contributed by atoms with Crippen molar-refractivity contribution in [3.05, 3.63) is 64.7 Å². The zero-order valence-electron chi connectivity index (χ0n) is 12.7. The topological polar surface area (TPSA) is 20.2 Å². The third kappa shape index (κ3) is 3.61. The number of alkyl halides is 3. The van der Waals surface area contributed by atoms with Gasteiger partial charge in [0.1, 0.15) is 0 Å². The maximum Gasteiger partial charge on any atom is 0.416 e. The Hall–Kier alpha value is -1.75. The van der Waals surface area contributed by atoms with E-state index >= 15 is 0 Å². The van der Waals surface area contributed by atoms with E-state index in [2.05, 4.69) is 0 Å². The largest absolute Gasteiger partial charge is 0.446 e. The van der Waals surface area contributed by atoms with Crippen LogP contribution in [0.2, 0.25) is 6.32 Å². The molecule has 0 spiro atoms. The van der Waals surface area contributed by atoms with Crippen LogP contribution in [0, 0.1) is 0 Å². The number of halogens is 3. The first-order chi connectivity index (χ1) is 10.9. The molecule has 1 aliphatic rings. The Morgan fingerprint density at radius 2 is 1.83 bits per heavy atom. The van der Waals surface area contributed by atoms with Crippen LogP contribution in [0.15, 0.2) is 42.5 Å². The molecular weight excluding hydrogens is 300 g/mol. The summed E-state index contributed by atoms with van der Waals surface area (Å²) in [6.07, 6.45) is -0.746. The summed E-state index contributed by atoms with van der Waals surface area (Å²) < 4.78 is 39.1. The van der Waals surface area contributed by atoms with E-state index in [9.17, 15) is 18.2 Å². The third-order valence-electron chi connectivity index (χ3n) is 4.50. The van der Waals surface area contributed by atoms with E-state index in [1.54, 1.807) is 6.07 Å². The van der Waals surface area contributed by atoms with Gasteiger partial charge in [-0.3, -0.25) is 0 Å². The van der Waals surface area contributed by atoms with E-state index in [1.165, 1.54) is 12.1 Å². The van der Waals surface area contributed by atoms with Crippen LogP contribution in [0.25, 0.3) is 0 Å². The number of aryl methyl sites for hydroxylation is 3. The van der Waals surface area contributed by atoms with Crippen LogP contribution in [0.5, 0.6) is 0 Å². The lowest BCUT2D eigenvalue weighted by atomic mass is 9.53. The molecule has 2 aromatic rings. The van der Waals surface area contributed by atoms with Gasteiger partial charge in [-0.2, -0.15) is 13.2 Å². The van der Waals surface area contributed by atoms with E-state index in [4.69, 9.17) is 0 Å². The summed E-state index contributed by atoms with van der Waals surface area (Å²) in [6, 6.07) is 11.6. The molecule has 120 valence electrons. The molecule has 1 N–H and O–H groups in total. The maximum atomic E-state index is 13.0. The highest BCUT2D eigenvalue weighted by Gasteiger charge is 2.32. The Morgan fingerprint density at radius 1 is 1.04 bits per heavy atom. The van der Waals surface area contributed by atoms with Crippen molar-refractivity contribution < 1.29 is 18.2 Å². The SMILES string of the molecule is OB1CCCc2ccc(CCc3ccccc3C(F)(F)F)cc21. The number of hydrogen-bond donors (Lipinski definition) is 1. The first-order valence-corrected chi connectivity index (χ1v) is 7.90. The van der Waals surface area contributed by atoms with Crippen molar-refractivity contribution in [2.24, 2.45) is 0 Å². The minimum absolute atomic E-state index is 0.318. The summed E-state index contributed by atoms with van der Waals surface area (Å²) in [6.45, 7) is -0.443. The van der Waals surface area contributed by atoms with Gasteiger partial charge >= 0.3 is 13.1 Å². The average Bonchev–Trinajstić information content (AvgIpc) is 2.53. The lowest BCUT2D eigenvalue weighted by Gasteiger charge is -2.19. The molecule has 0 atom stereocenters. The zero-order valence-corrected chi connectivity index (χ0v) is 12.7. The van der Waals surface area contributed by atoms with E-state index in [0.29, 0.717) is 18.4 Å². The molecule has 0 radical (unpaired) electrons. The molecule has 1 nitrogen and oxygen atoms in total. The first kappa shape index (κ1) is 16.1. The van der Waals surface area contributed by atoms with Crippen LogP contribution in [-0.4, -0.2) is 11.9 Å². The number of fused-ring (bicyclic) bond motifs is 1. The zero-order chi connectivity index (χ0) is 16.4. The molecule has 0 fully saturated rings. The molecule has 23 heavy (non-hydrogen) atoms. The van der Waals surface area contributed by atoms with Gasteiger partial charge in [0.25, 0.3) is 0 Å². The molecule has 2 aromatic carbocycles. The fourth-order valence-electron chi connectivity index (χ4n) is 3.27. The summed E-state index contributed by atoms with van der Waals surface area (Å²) in [5.41, 5.74) is 2.83. The Morgan fingerprint density at radius 3 is 2.61 bits per heavy atom. The van der Waals surface area contributed by atoms with E-state index < -0.39 is 18.7 Å². The smallest absolute Gasteiger partial charge is 0.416 e. The van der Waals surface area contributed by atoms with Crippen molar-refractivity contribution in [3.8, 4) is 0 Å². The van der Waals surface area contributed by atoms with Crippen LogP contribution in [-0.2, 0) is 25.4 Å². The van der Waals surface area contributed by atoms with Gasteiger partial charge in [-0.1, -0.05) is 48.4 Å². The van der Waals surface area contributed by atoms with Gasteiger partial charge in [-0.25, -0.2) is 0 Å². The van der Waals surface area contributed by atoms with Gasteiger partial charge in [-0.05, 0) is 48.2 Å². The summed E-state index contributed by atoms with van der Waals surface area (Å²) in [5, 5.41) is 10.1. The molecule has 0 aromatic heterocycles. The van der Waals surface area contributed by atoms with E-state index in [0.717, 1.165) is 41.8 Å².